The summed E-state index contributed by atoms with van der Waals surface area (Å²) in [5.41, 5.74) is 0.449. The van der Waals surface area contributed by atoms with Crippen LogP contribution in [0, 0.1) is 5.92 Å². The molecule has 0 N–H and O–H groups in total. The van der Waals surface area contributed by atoms with Crippen molar-refractivity contribution in [2.75, 3.05) is 32.7 Å². The van der Waals surface area contributed by atoms with E-state index in [0.717, 1.165) is 25.8 Å². The van der Waals surface area contributed by atoms with E-state index in [-0.39, 0.29) is 29.8 Å². The molecule has 3 aliphatic rings. The molecule has 1 aromatic rings. The van der Waals surface area contributed by atoms with Crippen LogP contribution in [0.4, 0.5) is 0 Å². The highest BCUT2D eigenvalue weighted by Crippen LogP contribution is 2.36. The monoisotopic (exact) mass is 433 g/mol. The Balaban J connectivity index is 1.52. The molecule has 4 rings (SSSR count). The van der Waals surface area contributed by atoms with Crippen molar-refractivity contribution in [3.63, 3.8) is 0 Å². The van der Waals surface area contributed by atoms with Gasteiger partial charge in [0.05, 0.1) is 4.90 Å². The first kappa shape index (κ1) is 21.3. The molecule has 7 nitrogen and oxygen atoms in total. The summed E-state index contributed by atoms with van der Waals surface area (Å²) in [4.78, 5) is 28.6. The molecule has 1 aliphatic carbocycles. The van der Waals surface area contributed by atoms with Crippen LogP contribution >= 0.6 is 0 Å². The number of hydrogen-bond acceptors (Lipinski definition) is 4. The standard InChI is InChI=1S/C22H31N3O4S/c1-17(26)23-12-14-24(15-13-23)30(28,29)20-9-4-7-19(16-20)22(27)25-11-5-8-18-6-2-3-10-21(18)25/h4,7,9,16,18,21H,2-3,5-6,8,10-15H2,1H3/t18-,21+/m1/s1. The Morgan fingerprint density at radius 2 is 1.63 bits per heavy atom. The zero-order valence-corrected chi connectivity index (χ0v) is 18.4. The van der Waals surface area contributed by atoms with Gasteiger partial charge in [0.1, 0.15) is 0 Å². The predicted octanol–water partition coefficient (Wildman–Crippen LogP) is 2.33. The third kappa shape index (κ3) is 4.12. The van der Waals surface area contributed by atoms with Gasteiger partial charge in [-0.3, -0.25) is 9.59 Å². The van der Waals surface area contributed by atoms with Crippen LogP contribution in [0.1, 0.15) is 55.8 Å². The minimum atomic E-state index is -3.70. The number of amides is 2. The number of carbonyl (C=O) groups excluding carboxylic acids is 2. The smallest absolute Gasteiger partial charge is 0.254 e. The first-order valence-corrected chi connectivity index (χ1v) is 12.5. The second-order valence-electron chi connectivity index (χ2n) is 8.69. The summed E-state index contributed by atoms with van der Waals surface area (Å²) in [5.74, 6) is 0.494. The third-order valence-corrected chi connectivity index (χ3v) is 8.80. The molecule has 0 radical (unpaired) electrons. The van der Waals surface area contributed by atoms with Crippen LogP contribution in [-0.2, 0) is 14.8 Å². The maximum absolute atomic E-state index is 13.3. The predicted molar refractivity (Wildman–Crippen MR) is 113 cm³/mol. The average Bonchev–Trinajstić information content (AvgIpc) is 2.78. The first-order chi connectivity index (χ1) is 14.4. The Hall–Kier alpha value is -1.93. The second-order valence-corrected chi connectivity index (χ2v) is 10.6. The Bertz CT molecular complexity index is 907. The largest absolute Gasteiger partial charge is 0.340 e. The van der Waals surface area contributed by atoms with Crippen LogP contribution in [0.2, 0.25) is 0 Å². The third-order valence-electron chi connectivity index (χ3n) is 6.91. The molecule has 2 saturated heterocycles. The fraction of sp³-hybridized carbons (Fsp3) is 0.636. The number of rotatable bonds is 3. The molecule has 30 heavy (non-hydrogen) atoms. The maximum Gasteiger partial charge on any atom is 0.254 e. The zero-order valence-electron chi connectivity index (χ0n) is 17.6. The lowest BCUT2D eigenvalue weighted by atomic mass is 9.78. The molecule has 0 aromatic heterocycles. The lowest BCUT2D eigenvalue weighted by Gasteiger charge is -2.44. The number of piperidine rings is 1. The van der Waals surface area contributed by atoms with Crippen molar-refractivity contribution in [1.29, 1.82) is 0 Å². The molecule has 164 valence electrons. The summed E-state index contributed by atoms with van der Waals surface area (Å²) < 4.78 is 27.7. The van der Waals surface area contributed by atoms with Crippen LogP contribution in [0.3, 0.4) is 0 Å². The van der Waals surface area contributed by atoms with Gasteiger partial charge in [-0.15, -0.1) is 0 Å². The Kier molecular flexibility index (Phi) is 6.16. The number of likely N-dealkylation sites (tertiary alicyclic amines) is 1. The van der Waals surface area contributed by atoms with E-state index in [4.69, 9.17) is 0 Å². The van der Waals surface area contributed by atoms with E-state index in [0.29, 0.717) is 30.6 Å². The Morgan fingerprint density at radius 3 is 2.37 bits per heavy atom. The van der Waals surface area contributed by atoms with Gasteiger partial charge in [-0.2, -0.15) is 4.31 Å². The van der Waals surface area contributed by atoms with E-state index in [1.807, 2.05) is 4.90 Å². The molecular weight excluding hydrogens is 402 g/mol. The van der Waals surface area contributed by atoms with Gasteiger partial charge in [0.2, 0.25) is 15.9 Å². The van der Waals surface area contributed by atoms with Crippen molar-refractivity contribution in [3.05, 3.63) is 29.8 Å². The van der Waals surface area contributed by atoms with Crippen molar-refractivity contribution in [1.82, 2.24) is 14.1 Å². The van der Waals surface area contributed by atoms with E-state index in [1.54, 1.807) is 23.1 Å². The molecule has 0 bridgehead atoms. The molecule has 8 heteroatoms. The quantitative estimate of drug-likeness (QED) is 0.733. The van der Waals surface area contributed by atoms with E-state index in [2.05, 4.69) is 0 Å². The molecule has 0 unspecified atom stereocenters. The van der Waals surface area contributed by atoms with Gasteiger partial charge in [0.15, 0.2) is 0 Å². The van der Waals surface area contributed by atoms with Gasteiger partial charge in [-0.1, -0.05) is 18.9 Å². The van der Waals surface area contributed by atoms with Crippen molar-refractivity contribution in [2.45, 2.75) is 56.4 Å². The number of fused-ring (bicyclic) bond motifs is 1. The number of hydrogen-bond donors (Lipinski definition) is 0. The highest BCUT2D eigenvalue weighted by atomic mass is 32.2. The minimum absolute atomic E-state index is 0.0396. The number of benzene rings is 1. The average molecular weight is 434 g/mol. The molecule has 2 amide bonds. The summed E-state index contributed by atoms with van der Waals surface area (Å²) in [6, 6.07) is 6.76. The number of sulfonamides is 1. The van der Waals surface area contributed by atoms with Gasteiger partial charge in [0, 0.05) is 51.3 Å². The van der Waals surface area contributed by atoms with Gasteiger partial charge in [0.25, 0.3) is 5.91 Å². The SMILES string of the molecule is CC(=O)N1CCN(S(=O)(=O)c2cccc(C(=O)N3CCC[C@H]4CCCC[C@@H]43)c2)CC1. The second kappa shape index (κ2) is 8.67. The molecule has 1 saturated carbocycles. The highest BCUT2D eigenvalue weighted by molar-refractivity contribution is 7.89. The normalized spacial score (nSPS) is 25.6. The fourth-order valence-corrected chi connectivity index (χ4v) is 6.69. The summed E-state index contributed by atoms with van der Waals surface area (Å²) in [6.07, 6.45) is 6.85. The minimum Gasteiger partial charge on any atom is -0.340 e. The molecule has 2 aliphatic heterocycles. The summed E-state index contributed by atoms with van der Waals surface area (Å²) in [5, 5.41) is 0. The van der Waals surface area contributed by atoms with E-state index in [1.165, 1.54) is 36.6 Å². The zero-order chi connectivity index (χ0) is 21.3. The van der Waals surface area contributed by atoms with Gasteiger partial charge in [-0.25, -0.2) is 8.42 Å². The van der Waals surface area contributed by atoms with Crippen LogP contribution in [-0.4, -0.2) is 73.1 Å². The van der Waals surface area contributed by atoms with E-state index < -0.39 is 10.0 Å². The maximum atomic E-state index is 13.3. The van der Waals surface area contributed by atoms with E-state index in [9.17, 15) is 18.0 Å². The highest BCUT2D eigenvalue weighted by Gasteiger charge is 2.36. The van der Waals surface area contributed by atoms with Gasteiger partial charge >= 0.3 is 0 Å². The van der Waals surface area contributed by atoms with Crippen molar-refractivity contribution < 1.29 is 18.0 Å². The number of nitrogens with zero attached hydrogens (tertiary/aromatic N) is 3. The summed E-state index contributed by atoms with van der Waals surface area (Å²) in [7, 11) is -3.70. The summed E-state index contributed by atoms with van der Waals surface area (Å²) >= 11 is 0. The van der Waals surface area contributed by atoms with Crippen molar-refractivity contribution in [3.8, 4) is 0 Å². The Morgan fingerprint density at radius 1 is 0.933 bits per heavy atom. The molecule has 2 atom stereocenters. The van der Waals surface area contributed by atoms with E-state index >= 15 is 0 Å². The van der Waals surface area contributed by atoms with Gasteiger partial charge in [-0.05, 0) is 49.8 Å². The number of carbonyl (C=O) groups is 2. The van der Waals surface area contributed by atoms with Crippen LogP contribution in [0.25, 0.3) is 0 Å². The molecule has 1 aromatic carbocycles. The number of piperazine rings is 1. The molecular formula is C22H31N3O4S. The topological polar surface area (TPSA) is 78.0 Å². The van der Waals surface area contributed by atoms with Crippen molar-refractivity contribution >= 4 is 21.8 Å². The van der Waals surface area contributed by atoms with Crippen LogP contribution in [0.5, 0.6) is 0 Å². The lowest BCUT2D eigenvalue weighted by molar-refractivity contribution is -0.129. The van der Waals surface area contributed by atoms with Crippen molar-refractivity contribution in [2.24, 2.45) is 5.92 Å². The molecule has 2 heterocycles. The fourth-order valence-electron chi connectivity index (χ4n) is 5.22. The molecule has 3 fully saturated rings. The lowest BCUT2D eigenvalue weighted by Crippen LogP contribution is -2.50. The first-order valence-electron chi connectivity index (χ1n) is 11.0. The summed E-state index contributed by atoms with van der Waals surface area (Å²) in [6.45, 7) is 3.58. The van der Waals surface area contributed by atoms with Gasteiger partial charge < -0.3 is 9.80 Å². The van der Waals surface area contributed by atoms with Crippen LogP contribution < -0.4 is 0 Å². The Labute approximate surface area is 179 Å². The van der Waals surface area contributed by atoms with Crippen LogP contribution in [0.15, 0.2) is 29.2 Å². The molecule has 0 spiro atoms.